The normalized spacial score (nSPS) is 11.7. The standard InChI is InChI=1S/C13H19N5O2S/c1-3-10-4-5-12(6-11(10)7-14-2)21(19,20)17-8-13-15-9-16-18-13/h4-6,9,14,17H,3,7-8H2,1-2H3,(H,15,16,18). The summed E-state index contributed by atoms with van der Waals surface area (Å²) < 4.78 is 27.1. The highest BCUT2D eigenvalue weighted by atomic mass is 32.2. The van der Waals surface area contributed by atoms with Crippen molar-refractivity contribution in [2.45, 2.75) is 31.3 Å². The molecule has 0 unspecified atom stereocenters. The molecule has 2 aromatic rings. The van der Waals surface area contributed by atoms with Crippen molar-refractivity contribution in [2.75, 3.05) is 7.05 Å². The van der Waals surface area contributed by atoms with Gasteiger partial charge in [0.1, 0.15) is 12.2 Å². The number of rotatable bonds is 7. The molecule has 1 aromatic carbocycles. The maximum atomic E-state index is 12.3. The van der Waals surface area contributed by atoms with Gasteiger partial charge in [-0.25, -0.2) is 18.1 Å². The minimum absolute atomic E-state index is 0.0826. The lowest BCUT2D eigenvalue weighted by molar-refractivity contribution is 0.579. The minimum atomic E-state index is -3.57. The Labute approximate surface area is 124 Å². The number of aryl methyl sites for hydroxylation is 1. The number of aromatic nitrogens is 3. The van der Waals surface area contributed by atoms with E-state index in [1.165, 1.54) is 6.33 Å². The molecule has 3 N–H and O–H groups in total. The fourth-order valence-electron chi connectivity index (χ4n) is 2.03. The average Bonchev–Trinajstić information content (AvgIpc) is 2.99. The Hall–Kier alpha value is -1.77. The van der Waals surface area contributed by atoms with Gasteiger partial charge in [0.05, 0.1) is 11.4 Å². The molecular formula is C13H19N5O2S. The first-order valence-corrected chi connectivity index (χ1v) is 8.15. The highest BCUT2D eigenvalue weighted by molar-refractivity contribution is 7.89. The smallest absolute Gasteiger partial charge is 0.240 e. The second-order valence-corrected chi connectivity index (χ2v) is 6.34. The Morgan fingerprint density at radius 2 is 2.05 bits per heavy atom. The molecule has 0 fully saturated rings. The Morgan fingerprint density at radius 1 is 1.24 bits per heavy atom. The summed E-state index contributed by atoms with van der Waals surface area (Å²) in [5, 5.41) is 9.34. The first-order valence-electron chi connectivity index (χ1n) is 6.67. The van der Waals surface area contributed by atoms with Crippen molar-refractivity contribution in [3.8, 4) is 0 Å². The third kappa shape index (κ3) is 3.87. The molecule has 0 aliphatic carbocycles. The molecule has 8 heteroatoms. The molecule has 0 saturated heterocycles. The lowest BCUT2D eigenvalue weighted by Crippen LogP contribution is -2.24. The molecular weight excluding hydrogens is 290 g/mol. The highest BCUT2D eigenvalue weighted by Crippen LogP contribution is 2.17. The van der Waals surface area contributed by atoms with Crippen LogP contribution in [-0.2, 0) is 29.5 Å². The van der Waals surface area contributed by atoms with Gasteiger partial charge in [0, 0.05) is 6.54 Å². The summed E-state index contributed by atoms with van der Waals surface area (Å²) in [7, 11) is -1.73. The first kappa shape index (κ1) is 15.6. The van der Waals surface area contributed by atoms with Crippen LogP contribution < -0.4 is 10.0 Å². The summed E-state index contributed by atoms with van der Waals surface area (Å²) in [6.07, 6.45) is 2.20. The van der Waals surface area contributed by atoms with Crippen molar-refractivity contribution >= 4 is 10.0 Å². The van der Waals surface area contributed by atoms with Gasteiger partial charge in [-0.1, -0.05) is 13.0 Å². The van der Waals surface area contributed by atoms with Crippen molar-refractivity contribution in [2.24, 2.45) is 0 Å². The Morgan fingerprint density at radius 3 is 2.67 bits per heavy atom. The van der Waals surface area contributed by atoms with Crippen LogP contribution in [0.2, 0.25) is 0 Å². The van der Waals surface area contributed by atoms with Gasteiger partial charge in [-0.05, 0) is 36.7 Å². The van der Waals surface area contributed by atoms with E-state index in [2.05, 4.69) is 25.2 Å². The van der Waals surface area contributed by atoms with E-state index in [1.54, 1.807) is 12.1 Å². The number of H-pyrrole nitrogens is 1. The molecule has 114 valence electrons. The van der Waals surface area contributed by atoms with Crippen LogP contribution in [0.1, 0.15) is 23.9 Å². The van der Waals surface area contributed by atoms with Crippen LogP contribution in [0.3, 0.4) is 0 Å². The van der Waals surface area contributed by atoms with Crippen molar-refractivity contribution in [1.82, 2.24) is 25.2 Å². The molecule has 0 aliphatic rings. The summed E-state index contributed by atoms with van der Waals surface area (Å²) >= 11 is 0. The molecule has 0 radical (unpaired) electrons. The van der Waals surface area contributed by atoms with Gasteiger partial charge in [-0.2, -0.15) is 5.10 Å². The Bertz CT molecular complexity index is 683. The van der Waals surface area contributed by atoms with Crippen molar-refractivity contribution in [1.29, 1.82) is 0 Å². The molecule has 0 bridgehead atoms. The van der Waals surface area contributed by atoms with E-state index in [0.717, 1.165) is 17.5 Å². The first-order chi connectivity index (χ1) is 10.1. The third-order valence-corrected chi connectivity index (χ3v) is 4.53. The largest absolute Gasteiger partial charge is 0.316 e. The maximum Gasteiger partial charge on any atom is 0.240 e. The Balaban J connectivity index is 2.20. The number of sulfonamides is 1. The maximum absolute atomic E-state index is 12.3. The van der Waals surface area contributed by atoms with Crippen LogP contribution in [0.4, 0.5) is 0 Å². The molecule has 0 aliphatic heterocycles. The van der Waals surface area contributed by atoms with Gasteiger partial charge in [0.15, 0.2) is 0 Å². The van der Waals surface area contributed by atoms with Crippen LogP contribution >= 0.6 is 0 Å². The van der Waals surface area contributed by atoms with E-state index in [4.69, 9.17) is 0 Å². The lowest BCUT2D eigenvalue weighted by Gasteiger charge is -2.11. The zero-order valence-electron chi connectivity index (χ0n) is 12.0. The van der Waals surface area contributed by atoms with E-state index in [9.17, 15) is 8.42 Å². The van der Waals surface area contributed by atoms with E-state index in [-0.39, 0.29) is 11.4 Å². The van der Waals surface area contributed by atoms with E-state index in [1.807, 2.05) is 20.0 Å². The van der Waals surface area contributed by atoms with Gasteiger partial charge < -0.3 is 5.32 Å². The molecule has 0 saturated carbocycles. The fourth-order valence-corrected chi connectivity index (χ4v) is 3.07. The molecule has 21 heavy (non-hydrogen) atoms. The van der Waals surface area contributed by atoms with Crippen molar-refractivity contribution < 1.29 is 8.42 Å². The number of aromatic amines is 1. The lowest BCUT2D eigenvalue weighted by atomic mass is 10.1. The monoisotopic (exact) mass is 309 g/mol. The van der Waals surface area contributed by atoms with Gasteiger partial charge >= 0.3 is 0 Å². The quantitative estimate of drug-likeness (QED) is 0.694. The van der Waals surface area contributed by atoms with E-state index in [0.29, 0.717) is 12.4 Å². The molecule has 0 amide bonds. The molecule has 1 heterocycles. The zero-order chi connectivity index (χ0) is 15.3. The predicted molar refractivity (Wildman–Crippen MR) is 79.0 cm³/mol. The SMILES string of the molecule is CCc1ccc(S(=O)(=O)NCc2ncn[nH]2)cc1CNC. The molecule has 7 nitrogen and oxygen atoms in total. The van der Waals surface area contributed by atoms with Crippen LogP contribution in [-0.4, -0.2) is 30.6 Å². The number of nitrogens with one attached hydrogen (secondary N) is 3. The van der Waals surface area contributed by atoms with Crippen molar-refractivity contribution in [3.05, 3.63) is 41.5 Å². The van der Waals surface area contributed by atoms with Gasteiger partial charge in [0.25, 0.3) is 0 Å². The topological polar surface area (TPSA) is 99.8 Å². The van der Waals surface area contributed by atoms with Crippen LogP contribution in [0.5, 0.6) is 0 Å². The van der Waals surface area contributed by atoms with Crippen molar-refractivity contribution in [3.63, 3.8) is 0 Å². The number of hydrogen-bond acceptors (Lipinski definition) is 5. The van der Waals surface area contributed by atoms with E-state index < -0.39 is 10.0 Å². The summed E-state index contributed by atoms with van der Waals surface area (Å²) in [5.41, 5.74) is 2.13. The zero-order valence-corrected chi connectivity index (χ0v) is 12.9. The number of benzene rings is 1. The Kier molecular flexibility index (Phi) is 5.05. The fraction of sp³-hybridized carbons (Fsp3) is 0.385. The highest BCUT2D eigenvalue weighted by Gasteiger charge is 2.16. The second kappa shape index (κ2) is 6.79. The summed E-state index contributed by atoms with van der Waals surface area (Å²) in [6.45, 7) is 2.76. The van der Waals surface area contributed by atoms with E-state index >= 15 is 0 Å². The van der Waals surface area contributed by atoms with Crippen LogP contribution in [0.15, 0.2) is 29.4 Å². The molecule has 2 rings (SSSR count). The van der Waals surface area contributed by atoms with Gasteiger partial charge in [-0.3, -0.25) is 5.10 Å². The predicted octanol–water partition coefficient (Wildman–Crippen LogP) is 0.565. The van der Waals surface area contributed by atoms with Crippen LogP contribution in [0, 0.1) is 0 Å². The summed E-state index contributed by atoms with van der Waals surface area (Å²) in [4.78, 5) is 4.14. The second-order valence-electron chi connectivity index (χ2n) is 4.57. The average molecular weight is 309 g/mol. The molecule has 1 aromatic heterocycles. The number of nitrogens with zero attached hydrogens (tertiary/aromatic N) is 2. The third-order valence-electron chi connectivity index (χ3n) is 3.13. The van der Waals surface area contributed by atoms with Gasteiger partial charge in [0.2, 0.25) is 10.0 Å². The summed E-state index contributed by atoms with van der Waals surface area (Å²) in [5.74, 6) is 0.471. The van der Waals surface area contributed by atoms with Crippen LogP contribution in [0.25, 0.3) is 0 Å². The molecule has 0 spiro atoms. The summed E-state index contributed by atoms with van der Waals surface area (Å²) in [6, 6.07) is 5.19. The number of hydrogen-bond donors (Lipinski definition) is 3. The molecule has 0 atom stereocenters. The van der Waals surface area contributed by atoms with Gasteiger partial charge in [-0.15, -0.1) is 0 Å². The minimum Gasteiger partial charge on any atom is -0.316 e.